The number of aromatic nitrogens is 2. The van der Waals surface area contributed by atoms with Gasteiger partial charge in [-0.25, -0.2) is 31.4 Å². The summed E-state index contributed by atoms with van der Waals surface area (Å²) in [4.78, 5) is 63.2. The molecule has 1 atom stereocenters. The average Bonchev–Trinajstić information content (AvgIpc) is 3.07. The quantitative estimate of drug-likeness (QED) is 0.207. The maximum atomic E-state index is 15.2. The predicted molar refractivity (Wildman–Crippen MR) is 185 cm³/mol. The Morgan fingerprint density at radius 1 is 0.922 bits per heavy atom. The number of carbonyl (C=O) groups is 3. The summed E-state index contributed by atoms with van der Waals surface area (Å²) < 4.78 is 65.2. The minimum Gasteiger partial charge on any atom is -0.467 e. The molecule has 0 saturated carbocycles. The fourth-order valence-corrected chi connectivity index (χ4v) is 5.87. The third-order valence-corrected chi connectivity index (χ3v) is 9.50. The number of methoxy groups -OCH3 is 1. The molecule has 4 rings (SSSR count). The fraction of sp³-hybridized carbons (Fsp3) is 0.286. The number of nitrogens with zero attached hydrogens (tertiary/aromatic N) is 2. The van der Waals surface area contributed by atoms with E-state index in [-0.39, 0.29) is 22.9 Å². The number of amides is 2. The van der Waals surface area contributed by atoms with Gasteiger partial charge in [0.15, 0.2) is 0 Å². The molecule has 13 nitrogen and oxygen atoms in total. The van der Waals surface area contributed by atoms with Crippen LogP contribution in [0.2, 0.25) is 0 Å². The Balaban J connectivity index is 1.51. The van der Waals surface area contributed by atoms with Crippen molar-refractivity contribution in [1.82, 2.24) is 14.5 Å². The molecule has 4 aromatic rings. The van der Waals surface area contributed by atoms with Crippen molar-refractivity contribution in [3.63, 3.8) is 0 Å². The number of ether oxygens (including phenoxy) is 1. The second kappa shape index (κ2) is 14.7. The van der Waals surface area contributed by atoms with Crippen molar-refractivity contribution in [2.24, 2.45) is 12.5 Å². The monoisotopic (exact) mass is 725 g/mol. The first-order valence-electron chi connectivity index (χ1n) is 15.5. The minimum atomic E-state index is -4.43. The number of halogens is 2. The van der Waals surface area contributed by atoms with Gasteiger partial charge in [-0.3, -0.25) is 19.1 Å². The molecule has 270 valence electrons. The lowest BCUT2D eigenvalue weighted by Crippen LogP contribution is -2.43. The zero-order valence-corrected chi connectivity index (χ0v) is 29.7. The SMILES string of the molecule is COC(=O)[C@H](Cc1ccc(-n2c(=O)c(C)c(C)n(C)c2=O)cc1)NC(=O)c1cc(F)c(NS(=O)(=O)c2ccc(NC(=O)C(C)(C)C)cc2)cc1F. The molecule has 3 aromatic carbocycles. The number of sulfonamides is 1. The van der Waals surface area contributed by atoms with E-state index in [4.69, 9.17) is 4.74 Å². The number of esters is 1. The van der Waals surface area contributed by atoms with Crippen molar-refractivity contribution in [2.45, 2.75) is 52.0 Å². The Morgan fingerprint density at radius 2 is 1.53 bits per heavy atom. The second-order valence-corrected chi connectivity index (χ2v) is 14.4. The van der Waals surface area contributed by atoms with Crippen LogP contribution in [-0.2, 0) is 37.8 Å². The summed E-state index contributed by atoms with van der Waals surface area (Å²) in [6.07, 6.45) is -0.167. The van der Waals surface area contributed by atoms with Crippen LogP contribution >= 0.6 is 0 Å². The van der Waals surface area contributed by atoms with Crippen LogP contribution < -0.4 is 26.6 Å². The molecule has 0 saturated heterocycles. The van der Waals surface area contributed by atoms with Gasteiger partial charge in [-0.15, -0.1) is 0 Å². The van der Waals surface area contributed by atoms with Crippen LogP contribution in [0.1, 0.15) is 48.0 Å². The van der Waals surface area contributed by atoms with Crippen molar-refractivity contribution in [1.29, 1.82) is 0 Å². The standard InChI is InChI=1S/C35H37F2N5O8S/c1-19-20(2)41(6)34(47)42(31(19)44)23-12-8-21(9-13-23)16-29(32(45)50-7)39-30(43)25-17-27(37)28(18-26(25)36)40-51(48,49)24-14-10-22(11-15-24)38-33(46)35(3,4)5/h8-15,17-18,29,40H,16H2,1-7H3,(H,38,46)(H,39,43)/t29-/m0/s1. The van der Waals surface area contributed by atoms with E-state index in [2.05, 4.69) is 10.6 Å². The number of carbonyl (C=O) groups excluding carboxylic acids is 3. The Kier molecular flexibility index (Phi) is 11.0. The Hall–Kier alpha value is -5.64. The first-order valence-corrected chi connectivity index (χ1v) is 16.9. The van der Waals surface area contributed by atoms with Crippen LogP contribution in [0.3, 0.4) is 0 Å². The zero-order valence-electron chi connectivity index (χ0n) is 28.9. The molecule has 0 fully saturated rings. The van der Waals surface area contributed by atoms with Crippen molar-refractivity contribution in [2.75, 3.05) is 17.1 Å². The van der Waals surface area contributed by atoms with Crippen LogP contribution in [0.15, 0.2) is 75.1 Å². The maximum absolute atomic E-state index is 15.2. The number of anilines is 2. The van der Waals surface area contributed by atoms with Crippen LogP contribution in [0.5, 0.6) is 0 Å². The first kappa shape index (κ1) is 38.2. The number of nitrogens with one attached hydrogen (secondary N) is 3. The number of benzene rings is 3. The van der Waals surface area contributed by atoms with E-state index in [9.17, 15) is 32.4 Å². The van der Waals surface area contributed by atoms with E-state index < -0.39 is 67.5 Å². The fourth-order valence-electron chi connectivity index (χ4n) is 4.81. The van der Waals surface area contributed by atoms with Gasteiger partial charge < -0.3 is 19.9 Å². The second-order valence-electron chi connectivity index (χ2n) is 12.8. The molecule has 0 radical (unpaired) electrons. The van der Waals surface area contributed by atoms with Crippen molar-refractivity contribution >= 4 is 39.2 Å². The first-order chi connectivity index (χ1) is 23.7. The van der Waals surface area contributed by atoms with E-state index in [0.29, 0.717) is 34.6 Å². The van der Waals surface area contributed by atoms with E-state index in [1.54, 1.807) is 34.6 Å². The Bertz CT molecular complexity index is 2210. The highest BCUT2D eigenvalue weighted by atomic mass is 32.2. The molecule has 1 aromatic heterocycles. The summed E-state index contributed by atoms with van der Waals surface area (Å²) in [5.74, 6) is -4.96. The van der Waals surface area contributed by atoms with E-state index in [1.165, 1.54) is 60.1 Å². The molecule has 51 heavy (non-hydrogen) atoms. The van der Waals surface area contributed by atoms with Gasteiger partial charge >= 0.3 is 11.7 Å². The highest BCUT2D eigenvalue weighted by molar-refractivity contribution is 7.92. The Morgan fingerprint density at radius 3 is 2.10 bits per heavy atom. The summed E-state index contributed by atoms with van der Waals surface area (Å²) in [6, 6.07) is 10.6. The van der Waals surface area contributed by atoms with Gasteiger partial charge in [0.1, 0.15) is 17.7 Å². The molecule has 0 aliphatic heterocycles. The molecule has 3 N–H and O–H groups in total. The zero-order chi connectivity index (χ0) is 38.0. The summed E-state index contributed by atoms with van der Waals surface area (Å²) in [6.45, 7) is 8.37. The third-order valence-electron chi connectivity index (χ3n) is 8.12. The lowest BCUT2D eigenvalue weighted by molar-refractivity contribution is -0.142. The third kappa shape index (κ3) is 8.40. The topological polar surface area (TPSA) is 175 Å². The van der Waals surface area contributed by atoms with Gasteiger partial charge in [-0.1, -0.05) is 32.9 Å². The molecule has 0 aliphatic rings. The predicted octanol–water partition coefficient (Wildman–Crippen LogP) is 3.73. The highest BCUT2D eigenvalue weighted by Gasteiger charge is 2.27. The Labute approximate surface area is 292 Å². The van der Waals surface area contributed by atoms with Gasteiger partial charge in [0, 0.05) is 41.9 Å². The van der Waals surface area contributed by atoms with Gasteiger partial charge in [-0.05, 0) is 61.9 Å². The normalized spacial score (nSPS) is 12.2. The van der Waals surface area contributed by atoms with Crippen LogP contribution in [0, 0.1) is 30.9 Å². The molecule has 1 heterocycles. The van der Waals surface area contributed by atoms with Crippen LogP contribution in [-0.4, -0.2) is 48.5 Å². The smallest absolute Gasteiger partial charge is 0.335 e. The van der Waals surface area contributed by atoms with Crippen molar-refractivity contribution < 1.29 is 36.3 Å². The van der Waals surface area contributed by atoms with E-state index in [1.807, 2.05) is 4.72 Å². The molecular formula is C35H37F2N5O8S. The van der Waals surface area contributed by atoms with Gasteiger partial charge in [0.25, 0.3) is 21.5 Å². The molecule has 16 heteroatoms. The summed E-state index contributed by atoms with van der Waals surface area (Å²) >= 11 is 0. The van der Waals surface area contributed by atoms with Crippen LogP contribution in [0.4, 0.5) is 20.2 Å². The lowest BCUT2D eigenvalue weighted by Gasteiger charge is -2.18. The molecule has 0 unspecified atom stereocenters. The summed E-state index contributed by atoms with van der Waals surface area (Å²) in [5, 5.41) is 4.96. The van der Waals surface area contributed by atoms with Gasteiger partial charge in [0.2, 0.25) is 5.91 Å². The van der Waals surface area contributed by atoms with Crippen molar-refractivity contribution in [3.8, 4) is 5.69 Å². The molecule has 0 bridgehead atoms. The molecule has 0 spiro atoms. The van der Waals surface area contributed by atoms with Gasteiger partial charge in [0.05, 0.1) is 28.9 Å². The number of hydrogen-bond donors (Lipinski definition) is 3. The minimum absolute atomic E-state index is 0.167. The summed E-state index contributed by atoms with van der Waals surface area (Å²) in [7, 11) is -1.82. The highest BCUT2D eigenvalue weighted by Crippen LogP contribution is 2.25. The summed E-state index contributed by atoms with van der Waals surface area (Å²) in [5.41, 5.74) is -1.38. The molecule has 0 aliphatic carbocycles. The van der Waals surface area contributed by atoms with Gasteiger partial charge in [-0.2, -0.15) is 0 Å². The number of hydrogen-bond acceptors (Lipinski definition) is 8. The van der Waals surface area contributed by atoms with E-state index >= 15 is 8.78 Å². The largest absolute Gasteiger partial charge is 0.467 e. The lowest BCUT2D eigenvalue weighted by atomic mass is 9.95. The molecule has 2 amide bonds. The number of rotatable bonds is 10. The van der Waals surface area contributed by atoms with E-state index in [0.717, 1.165) is 11.7 Å². The molecular weight excluding hydrogens is 688 g/mol. The van der Waals surface area contributed by atoms with Crippen LogP contribution in [0.25, 0.3) is 5.69 Å². The average molecular weight is 726 g/mol. The maximum Gasteiger partial charge on any atom is 0.335 e. The van der Waals surface area contributed by atoms with Crippen molar-refractivity contribution in [3.05, 3.63) is 116 Å².